The molecule has 0 aliphatic rings. The number of nitrogens with zero attached hydrogens (tertiary/aromatic N) is 5. The van der Waals surface area contributed by atoms with Gasteiger partial charge in [-0.1, -0.05) is 26.0 Å². The number of halogens is 2. The molecule has 0 atom stereocenters. The molecule has 3 aromatic heterocycles. The second-order valence-electron chi connectivity index (χ2n) is 8.52. The maximum atomic E-state index is 13.9. The molecule has 3 heterocycles. The maximum absolute atomic E-state index is 13.9. The summed E-state index contributed by atoms with van der Waals surface area (Å²) in [6, 6.07) is 9.93. The Bertz CT molecular complexity index is 1210. The van der Waals surface area contributed by atoms with Gasteiger partial charge in [0.2, 0.25) is 0 Å². The van der Waals surface area contributed by atoms with Crippen molar-refractivity contribution < 1.29 is 8.78 Å². The van der Waals surface area contributed by atoms with E-state index in [2.05, 4.69) is 15.1 Å². The minimum absolute atomic E-state index is 0.116. The summed E-state index contributed by atoms with van der Waals surface area (Å²) in [5.41, 5.74) is 4.25. The van der Waals surface area contributed by atoms with E-state index in [0.717, 1.165) is 46.2 Å². The van der Waals surface area contributed by atoms with Crippen LogP contribution in [-0.4, -0.2) is 30.2 Å². The van der Waals surface area contributed by atoms with Crippen LogP contribution in [0.25, 0.3) is 33.4 Å². The van der Waals surface area contributed by atoms with Gasteiger partial charge in [-0.2, -0.15) is 5.10 Å². The molecule has 0 saturated carbocycles. The highest BCUT2D eigenvalue weighted by molar-refractivity contribution is 5.86. The van der Waals surface area contributed by atoms with Crippen molar-refractivity contribution in [3.05, 3.63) is 54.7 Å². The monoisotopic (exact) mass is 409 g/mol. The van der Waals surface area contributed by atoms with Gasteiger partial charge in [0.25, 0.3) is 5.92 Å². The molecule has 5 nitrogen and oxygen atoms in total. The molecule has 30 heavy (non-hydrogen) atoms. The molecule has 0 fully saturated rings. The number of benzene rings is 1. The van der Waals surface area contributed by atoms with Crippen LogP contribution in [0.1, 0.15) is 26.6 Å². The molecule has 0 N–H and O–H groups in total. The molecule has 0 aliphatic heterocycles. The molecule has 4 rings (SSSR count). The van der Waals surface area contributed by atoms with Gasteiger partial charge in [-0.25, -0.2) is 13.8 Å². The fourth-order valence-corrected chi connectivity index (χ4v) is 3.47. The van der Waals surface area contributed by atoms with Gasteiger partial charge in [0.05, 0.1) is 29.5 Å². The molecule has 0 saturated heterocycles. The van der Waals surface area contributed by atoms with Gasteiger partial charge in [0.15, 0.2) is 0 Å². The van der Waals surface area contributed by atoms with E-state index in [1.54, 1.807) is 37.1 Å². The van der Waals surface area contributed by atoms with Gasteiger partial charge in [-0.15, -0.1) is 0 Å². The van der Waals surface area contributed by atoms with Crippen LogP contribution in [0.4, 0.5) is 8.78 Å². The first kappa shape index (κ1) is 20.2. The minimum atomic E-state index is -2.81. The topological polar surface area (TPSA) is 48.5 Å². The minimum Gasteiger partial charge on any atom is -0.331 e. The second kappa shape index (κ2) is 7.00. The third-order valence-electron chi connectivity index (χ3n) is 5.88. The molecule has 0 radical (unpaired) electrons. The van der Waals surface area contributed by atoms with Gasteiger partial charge >= 0.3 is 0 Å². The average Bonchev–Trinajstić information content (AvgIpc) is 3.24. The molecule has 0 bridgehead atoms. The van der Waals surface area contributed by atoms with Crippen LogP contribution in [0.15, 0.2) is 48.9 Å². The highest BCUT2D eigenvalue weighted by Crippen LogP contribution is 2.38. The van der Waals surface area contributed by atoms with E-state index in [4.69, 9.17) is 0 Å². The molecule has 0 spiro atoms. The van der Waals surface area contributed by atoms with Crippen LogP contribution < -0.4 is 0 Å². The lowest BCUT2D eigenvalue weighted by Crippen LogP contribution is -2.37. The summed E-state index contributed by atoms with van der Waals surface area (Å²) in [5, 5.41) is 4.33. The SMILES string of the molecule is Cc1nc2cc(-c3ncccc3-c3cnn(CC(C)(C)C(C)(F)F)c3)ccc2n1C. The quantitative estimate of drug-likeness (QED) is 0.438. The van der Waals surface area contributed by atoms with Crippen molar-refractivity contribution in [2.45, 2.75) is 40.2 Å². The van der Waals surface area contributed by atoms with Crippen LogP contribution >= 0.6 is 0 Å². The molecule has 7 heteroatoms. The molecule has 1 aromatic carbocycles. The fourth-order valence-electron chi connectivity index (χ4n) is 3.47. The Balaban J connectivity index is 1.72. The summed E-state index contributed by atoms with van der Waals surface area (Å²) in [4.78, 5) is 9.21. The lowest BCUT2D eigenvalue weighted by atomic mass is 9.86. The highest BCUT2D eigenvalue weighted by Gasteiger charge is 2.42. The number of imidazole rings is 1. The van der Waals surface area contributed by atoms with Crippen molar-refractivity contribution in [2.75, 3.05) is 0 Å². The van der Waals surface area contributed by atoms with Gasteiger partial charge in [0, 0.05) is 41.5 Å². The number of fused-ring (bicyclic) bond motifs is 1. The Morgan fingerprint density at radius 3 is 2.57 bits per heavy atom. The van der Waals surface area contributed by atoms with Gasteiger partial charge in [0.1, 0.15) is 5.82 Å². The number of hydrogen-bond donors (Lipinski definition) is 0. The largest absolute Gasteiger partial charge is 0.331 e. The van der Waals surface area contributed by atoms with Crippen LogP contribution in [0, 0.1) is 12.3 Å². The summed E-state index contributed by atoms with van der Waals surface area (Å²) < 4.78 is 31.4. The van der Waals surface area contributed by atoms with Crippen molar-refractivity contribution in [2.24, 2.45) is 12.5 Å². The van der Waals surface area contributed by atoms with Crippen molar-refractivity contribution in [1.82, 2.24) is 24.3 Å². The molecule has 4 aromatic rings. The predicted molar refractivity (Wildman–Crippen MR) is 114 cm³/mol. The van der Waals surface area contributed by atoms with Gasteiger partial charge < -0.3 is 4.57 Å². The Morgan fingerprint density at radius 2 is 1.83 bits per heavy atom. The van der Waals surface area contributed by atoms with E-state index in [1.165, 1.54) is 0 Å². The molecular formula is C23H25F2N5. The van der Waals surface area contributed by atoms with E-state index in [1.807, 2.05) is 48.9 Å². The summed E-state index contributed by atoms with van der Waals surface area (Å²) >= 11 is 0. The number of pyridine rings is 1. The number of aryl methyl sites for hydroxylation is 2. The third kappa shape index (κ3) is 3.49. The first-order valence-corrected chi connectivity index (χ1v) is 9.86. The first-order valence-electron chi connectivity index (χ1n) is 9.86. The van der Waals surface area contributed by atoms with Crippen molar-refractivity contribution >= 4 is 11.0 Å². The van der Waals surface area contributed by atoms with Crippen molar-refractivity contribution in [3.8, 4) is 22.4 Å². The Kier molecular flexibility index (Phi) is 4.71. The predicted octanol–water partition coefficient (Wildman–Crippen LogP) is 5.49. The molecule has 156 valence electrons. The summed E-state index contributed by atoms with van der Waals surface area (Å²) in [7, 11) is 1.99. The highest BCUT2D eigenvalue weighted by atomic mass is 19.3. The number of alkyl halides is 2. The Morgan fingerprint density at radius 1 is 1.07 bits per heavy atom. The Labute approximate surface area is 174 Å². The zero-order valence-corrected chi connectivity index (χ0v) is 17.8. The van der Waals surface area contributed by atoms with E-state index in [0.29, 0.717) is 0 Å². The van der Waals surface area contributed by atoms with Gasteiger partial charge in [-0.05, 0) is 32.0 Å². The van der Waals surface area contributed by atoms with Gasteiger partial charge in [-0.3, -0.25) is 9.67 Å². The van der Waals surface area contributed by atoms with Crippen LogP contribution in [0.2, 0.25) is 0 Å². The standard InChI is InChI=1S/C23H25F2N5/c1-15-28-19-11-16(8-9-20(19)29(15)5)21-18(7-6-10-26-21)17-12-27-30(13-17)14-22(2,3)23(4,24)25/h6-13H,14H2,1-5H3. The second-order valence-corrected chi connectivity index (χ2v) is 8.52. The van der Waals surface area contributed by atoms with Crippen LogP contribution in [0.5, 0.6) is 0 Å². The molecule has 0 unspecified atom stereocenters. The zero-order valence-electron chi connectivity index (χ0n) is 17.8. The molecule has 0 aliphatic carbocycles. The van der Waals surface area contributed by atoms with E-state index in [9.17, 15) is 8.78 Å². The van der Waals surface area contributed by atoms with E-state index in [-0.39, 0.29) is 6.54 Å². The summed E-state index contributed by atoms with van der Waals surface area (Å²) in [5.74, 6) is -1.87. The van der Waals surface area contributed by atoms with Crippen molar-refractivity contribution in [1.29, 1.82) is 0 Å². The van der Waals surface area contributed by atoms with E-state index < -0.39 is 11.3 Å². The summed E-state index contributed by atoms with van der Waals surface area (Å²) in [6.07, 6.45) is 5.25. The lowest BCUT2D eigenvalue weighted by Gasteiger charge is -2.31. The third-order valence-corrected chi connectivity index (χ3v) is 5.88. The normalized spacial score (nSPS) is 12.6. The lowest BCUT2D eigenvalue weighted by molar-refractivity contribution is -0.0973. The first-order chi connectivity index (χ1) is 14.1. The fraction of sp³-hybridized carbons (Fsp3) is 0.348. The maximum Gasteiger partial charge on any atom is 0.252 e. The number of aromatic nitrogens is 5. The summed E-state index contributed by atoms with van der Waals surface area (Å²) in [6.45, 7) is 6.14. The smallest absolute Gasteiger partial charge is 0.252 e. The Hall–Kier alpha value is -3.09. The number of rotatable bonds is 5. The zero-order chi connectivity index (χ0) is 21.7. The number of hydrogen-bond acceptors (Lipinski definition) is 3. The average molecular weight is 409 g/mol. The van der Waals surface area contributed by atoms with Crippen LogP contribution in [0.3, 0.4) is 0 Å². The van der Waals surface area contributed by atoms with E-state index >= 15 is 0 Å². The molecule has 0 amide bonds. The molecular weight excluding hydrogens is 384 g/mol. The van der Waals surface area contributed by atoms with Crippen LogP contribution in [-0.2, 0) is 13.6 Å². The van der Waals surface area contributed by atoms with Crippen molar-refractivity contribution in [3.63, 3.8) is 0 Å².